The number of rotatable bonds is 7. The van der Waals surface area contributed by atoms with E-state index in [4.69, 9.17) is 9.47 Å². The molecule has 0 spiro atoms. The fraction of sp³-hybridized carbons (Fsp3) is 0.538. The van der Waals surface area contributed by atoms with Crippen molar-refractivity contribution in [2.75, 3.05) is 25.6 Å². The highest BCUT2D eigenvalue weighted by Gasteiger charge is 2.10. The Morgan fingerprint density at radius 2 is 2.28 bits per heavy atom. The molecule has 18 heavy (non-hydrogen) atoms. The number of hydrogen-bond acceptors (Lipinski definition) is 5. The van der Waals surface area contributed by atoms with Crippen molar-refractivity contribution in [3.05, 3.63) is 24.0 Å². The summed E-state index contributed by atoms with van der Waals surface area (Å²) in [5.41, 5.74) is 1.19. The second kappa shape index (κ2) is 7.66. The van der Waals surface area contributed by atoms with E-state index in [0.717, 1.165) is 18.7 Å². The highest BCUT2D eigenvalue weighted by Crippen LogP contribution is 2.14. The van der Waals surface area contributed by atoms with E-state index in [9.17, 15) is 4.79 Å². The van der Waals surface area contributed by atoms with E-state index in [1.54, 1.807) is 12.3 Å². The SMILES string of the molecule is COC(=O)c1cnccc1NCCCOC(C)C. The van der Waals surface area contributed by atoms with Crippen LogP contribution in [0.25, 0.3) is 0 Å². The number of nitrogens with one attached hydrogen (secondary N) is 1. The number of pyridine rings is 1. The summed E-state index contributed by atoms with van der Waals surface area (Å²) in [5, 5.41) is 3.18. The minimum atomic E-state index is -0.385. The third kappa shape index (κ3) is 4.71. The van der Waals surface area contributed by atoms with Gasteiger partial charge in [0.25, 0.3) is 0 Å². The quantitative estimate of drug-likeness (QED) is 0.595. The Morgan fingerprint density at radius 1 is 1.50 bits per heavy atom. The Bertz CT molecular complexity index is 380. The van der Waals surface area contributed by atoms with Gasteiger partial charge in [0, 0.05) is 25.5 Å². The van der Waals surface area contributed by atoms with Gasteiger partial charge in [-0.15, -0.1) is 0 Å². The topological polar surface area (TPSA) is 60.5 Å². The molecule has 1 aromatic rings. The number of carbonyl (C=O) groups is 1. The van der Waals surface area contributed by atoms with Crippen LogP contribution in [0, 0.1) is 0 Å². The highest BCUT2D eigenvalue weighted by atomic mass is 16.5. The van der Waals surface area contributed by atoms with E-state index in [2.05, 4.69) is 10.3 Å². The molecular weight excluding hydrogens is 232 g/mol. The zero-order valence-corrected chi connectivity index (χ0v) is 11.1. The molecule has 0 aliphatic rings. The first-order valence-electron chi connectivity index (χ1n) is 6.03. The fourth-order valence-electron chi connectivity index (χ4n) is 1.44. The summed E-state index contributed by atoms with van der Waals surface area (Å²) in [6.45, 7) is 5.45. The average molecular weight is 252 g/mol. The van der Waals surface area contributed by atoms with Crippen LogP contribution in [0.15, 0.2) is 18.5 Å². The zero-order chi connectivity index (χ0) is 13.4. The number of esters is 1. The van der Waals surface area contributed by atoms with Gasteiger partial charge in [-0.3, -0.25) is 4.98 Å². The van der Waals surface area contributed by atoms with Gasteiger partial charge in [0.1, 0.15) is 5.56 Å². The number of ether oxygens (including phenoxy) is 2. The maximum absolute atomic E-state index is 11.5. The van der Waals surface area contributed by atoms with Crippen LogP contribution in [0.3, 0.4) is 0 Å². The van der Waals surface area contributed by atoms with Crippen molar-refractivity contribution in [3.8, 4) is 0 Å². The van der Waals surface area contributed by atoms with Gasteiger partial charge in [-0.2, -0.15) is 0 Å². The molecule has 0 aliphatic carbocycles. The Labute approximate surface area is 108 Å². The lowest BCUT2D eigenvalue weighted by Crippen LogP contribution is -2.12. The third-order valence-electron chi connectivity index (χ3n) is 2.31. The molecule has 5 heteroatoms. The van der Waals surface area contributed by atoms with Crippen LogP contribution in [0.4, 0.5) is 5.69 Å². The highest BCUT2D eigenvalue weighted by molar-refractivity contribution is 5.95. The number of nitrogens with zero attached hydrogens (tertiary/aromatic N) is 1. The molecule has 1 rings (SSSR count). The molecule has 1 aromatic heterocycles. The maximum Gasteiger partial charge on any atom is 0.341 e. The maximum atomic E-state index is 11.5. The number of methoxy groups -OCH3 is 1. The normalized spacial score (nSPS) is 10.4. The Hall–Kier alpha value is -1.62. The molecule has 0 bridgehead atoms. The van der Waals surface area contributed by atoms with Gasteiger partial charge < -0.3 is 14.8 Å². The first-order valence-corrected chi connectivity index (χ1v) is 6.03. The second-order valence-corrected chi connectivity index (χ2v) is 4.11. The van der Waals surface area contributed by atoms with Crippen LogP contribution in [0.5, 0.6) is 0 Å². The van der Waals surface area contributed by atoms with E-state index < -0.39 is 0 Å². The van der Waals surface area contributed by atoms with Crippen LogP contribution in [-0.2, 0) is 9.47 Å². The van der Waals surface area contributed by atoms with Gasteiger partial charge in [0.2, 0.25) is 0 Å². The van der Waals surface area contributed by atoms with Crippen molar-refractivity contribution in [1.82, 2.24) is 4.98 Å². The number of carbonyl (C=O) groups excluding carboxylic acids is 1. The molecule has 0 aliphatic heterocycles. The van der Waals surface area contributed by atoms with E-state index in [1.165, 1.54) is 13.3 Å². The van der Waals surface area contributed by atoms with Crippen LogP contribution in [-0.4, -0.2) is 37.3 Å². The summed E-state index contributed by atoms with van der Waals surface area (Å²) in [6.07, 6.45) is 4.26. The van der Waals surface area contributed by atoms with Crippen molar-refractivity contribution < 1.29 is 14.3 Å². The van der Waals surface area contributed by atoms with E-state index in [0.29, 0.717) is 12.2 Å². The van der Waals surface area contributed by atoms with Gasteiger partial charge in [0.05, 0.1) is 18.9 Å². The molecule has 1 heterocycles. The minimum absolute atomic E-state index is 0.247. The number of anilines is 1. The molecule has 0 amide bonds. The Balaban J connectivity index is 2.44. The Kier molecular flexibility index (Phi) is 6.14. The summed E-state index contributed by atoms with van der Waals surface area (Å²) in [5.74, 6) is -0.385. The summed E-state index contributed by atoms with van der Waals surface area (Å²) < 4.78 is 10.1. The number of hydrogen-bond donors (Lipinski definition) is 1. The van der Waals surface area contributed by atoms with Gasteiger partial charge in [-0.05, 0) is 26.3 Å². The average Bonchev–Trinajstić information content (AvgIpc) is 2.37. The molecular formula is C13H20N2O3. The molecule has 0 aromatic carbocycles. The monoisotopic (exact) mass is 252 g/mol. The molecule has 0 saturated heterocycles. The lowest BCUT2D eigenvalue weighted by molar-refractivity contribution is 0.0601. The van der Waals surface area contributed by atoms with Crippen molar-refractivity contribution >= 4 is 11.7 Å². The molecule has 0 saturated carbocycles. The third-order valence-corrected chi connectivity index (χ3v) is 2.31. The molecule has 0 atom stereocenters. The van der Waals surface area contributed by atoms with E-state index in [-0.39, 0.29) is 12.1 Å². The molecule has 0 unspecified atom stereocenters. The van der Waals surface area contributed by atoms with Crippen molar-refractivity contribution in [3.63, 3.8) is 0 Å². The second-order valence-electron chi connectivity index (χ2n) is 4.11. The predicted molar refractivity (Wildman–Crippen MR) is 69.8 cm³/mol. The minimum Gasteiger partial charge on any atom is -0.465 e. The van der Waals surface area contributed by atoms with Gasteiger partial charge in [0.15, 0.2) is 0 Å². The van der Waals surface area contributed by atoms with Crippen LogP contribution in [0.1, 0.15) is 30.6 Å². The first kappa shape index (κ1) is 14.4. The van der Waals surface area contributed by atoms with Crippen molar-refractivity contribution in [2.45, 2.75) is 26.4 Å². The largest absolute Gasteiger partial charge is 0.465 e. The fourth-order valence-corrected chi connectivity index (χ4v) is 1.44. The number of aromatic nitrogens is 1. The lowest BCUT2D eigenvalue weighted by atomic mass is 10.2. The van der Waals surface area contributed by atoms with Crippen molar-refractivity contribution in [1.29, 1.82) is 0 Å². The van der Waals surface area contributed by atoms with E-state index >= 15 is 0 Å². The summed E-state index contributed by atoms with van der Waals surface area (Å²) >= 11 is 0. The van der Waals surface area contributed by atoms with Crippen LogP contribution >= 0.6 is 0 Å². The van der Waals surface area contributed by atoms with Gasteiger partial charge in [-0.25, -0.2) is 4.79 Å². The molecule has 100 valence electrons. The summed E-state index contributed by atoms with van der Waals surface area (Å²) in [4.78, 5) is 15.4. The molecule has 0 fully saturated rings. The smallest absolute Gasteiger partial charge is 0.341 e. The van der Waals surface area contributed by atoms with Crippen LogP contribution < -0.4 is 5.32 Å². The molecule has 0 radical (unpaired) electrons. The Morgan fingerprint density at radius 3 is 2.94 bits per heavy atom. The van der Waals surface area contributed by atoms with Crippen LogP contribution in [0.2, 0.25) is 0 Å². The zero-order valence-electron chi connectivity index (χ0n) is 11.1. The van der Waals surface area contributed by atoms with E-state index in [1.807, 2.05) is 13.8 Å². The lowest BCUT2D eigenvalue weighted by Gasteiger charge is -2.11. The first-order chi connectivity index (χ1) is 8.65. The summed E-state index contributed by atoms with van der Waals surface area (Å²) in [6, 6.07) is 1.76. The van der Waals surface area contributed by atoms with Gasteiger partial charge >= 0.3 is 5.97 Å². The predicted octanol–water partition coefficient (Wildman–Crippen LogP) is 2.10. The summed E-state index contributed by atoms with van der Waals surface area (Å²) in [7, 11) is 1.36. The van der Waals surface area contributed by atoms with Crippen molar-refractivity contribution in [2.24, 2.45) is 0 Å². The molecule has 1 N–H and O–H groups in total. The van der Waals surface area contributed by atoms with Gasteiger partial charge in [-0.1, -0.05) is 0 Å². The molecule has 5 nitrogen and oxygen atoms in total. The standard InChI is InChI=1S/C13H20N2O3/c1-10(2)18-8-4-6-15-12-5-7-14-9-11(12)13(16)17-3/h5,7,9-10H,4,6,8H2,1-3H3,(H,14,15).